The van der Waals surface area contributed by atoms with Crippen LogP contribution in [0, 0.1) is 14.8 Å². The van der Waals surface area contributed by atoms with Crippen molar-refractivity contribution in [2.45, 2.75) is 33.6 Å². The highest BCUT2D eigenvalue weighted by Crippen LogP contribution is 2.34. The van der Waals surface area contributed by atoms with Crippen molar-refractivity contribution >= 4 is 55.8 Å². The van der Waals surface area contributed by atoms with Gasteiger partial charge in [0.15, 0.2) is 0 Å². The van der Waals surface area contributed by atoms with Crippen molar-refractivity contribution in [1.29, 1.82) is 0 Å². The molecule has 0 spiro atoms. The summed E-state index contributed by atoms with van der Waals surface area (Å²) in [5.74, 6) is -0.678. The third-order valence-electron chi connectivity index (χ3n) is 4.51. The normalized spacial score (nSPS) is 11.3. The van der Waals surface area contributed by atoms with Crippen LogP contribution in [0.3, 0.4) is 0 Å². The van der Waals surface area contributed by atoms with Crippen LogP contribution in [-0.2, 0) is 0 Å². The molecule has 0 saturated carbocycles. The summed E-state index contributed by atoms with van der Waals surface area (Å²) < 4.78 is 21.6. The molecule has 2 aromatic carbocycles. The summed E-state index contributed by atoms with van der Waals surface area (Å²) in [7, 11) is 0. The fourth-order valence-electron chi connectivity index (χ4n) is 2.40. The lowest BCUT2D eigenvalue weighted by Crippen LogP contribution is -2.18. The van der Waals surface area contributed by atoms with E-state index >= 15 is 0 Å². The minimum absolute atomic E-state index is 0.143. The molecule has 0 radical (unpaired) electrons. The zero-order valence-corrected chi connectivity index (χ0v) is 19.3. The molecule has 0 aromatic heterocycles. The number of rotatable bonds is 8. The number of primary amides is 1. The van der Waals surface area contributed by atoms with E-state index in [1.54, 1.807) is 24.3 Å². The molecular formula is C20H23BrFIN2O2. The minimum Gasteiger partial charge on any atom is -0.493 e. The van der Waals surface area contributed by atoms with Gasteiger partial charge in [-0.25, -0.2) is 4.39 Å². The number of anilines is 2. The average molecular weight is 549 g/mol. The van der Waals surface area contributed by atoms with Gasteiger partial charge in [0.25, 0.3) is 5.91 Å². The Morgan fingerprint density at radius 3 is 2.59 bits per heavy atom. The van der Waals surface area contributed by atoms with Gasteiger partial charge in [0, 0.05) is 8.04 Å². The van der Waals surface area contributed by atoms with Gasteiger partial charge < -0.3 is 15.8 Å². The first-order valence-corrected chi connectivity index (χ1v) is 10.5. The summed E-state index contributed by atoms with van der Waals surface area (Å²) in [5, 5.41) is 2.96. The number of benzene rings is 2. The van der Waals surface area contributed by atoms with Gasteiger partial charge in [-0.15, -0.1) is 0 Å². The van der Waals surface area contributed by atoms with Crippen molar-refractivity contribution in [3.8, 4) is 5.75 Å². The first-order chi connectivity index (χ1) is 12.6. The summed E-state index contributed by atoms with van der Waals surface area (Å²) in [6.45, 7) is 6.91. The number of carbonyl (C=O) groups excluding carboxylic acids is 1. The number of carbonyl (C=O) groups is 1. The topological polar surface area (TPSA) is 64.3 Å². The van der Waals surface area contributed by atoms with E-state index in [9.17, 15) is 9.18 Å². The lowest BCUT2D eigenvalue weighted by atomic mass is 9.87. The number of ether oxygens (including phenoxy) is 1. The van der Waals surface area contributed by atoms with Crippen LogP contribution in [0.5, 0.6) is 5.75 Å². The van der Waals surface area contributed by atoms with Crippen LogP contribution in [0.25, 0.3) is 0 Å². The van der Waals surface area contributed by atoms with E-state index in [2.05, 4.69) is 42.0 Å². The van der Waals surface area contributed by atoms with E-state index in [4.69, 9.17) is 10.5 Å². The number of hydrogen-bond donors (Lipinski definition) is 2. The molecule has 0 heterocycles. The number of halogens is 3. The Morgan fingerprint density at radius 2 is 2.00 bits per heavy atom. The maximum absolute atomic E-state index is 14.2. The molecule has 0 aliphatic heterocycles. The molecule has 0 aliphatic rings. The summed E-state index contributed by atoms with van der Waals surface area (Å²) in [6.07, 6.45) is 1.86. The fraction of sp³-hybridized carbons (Fsp3) is 0.350. The Kier molecular flexibility index (Phi) is 7.50. The zero-order valence-electron chi connectivity index (χ0n) is 15.5. The molecule has 1 amide bonds. The van der Waals surface area contributed by atoms with Gasteiger partial charge in [-0.3, -0.25) is 4.79 Å². The third-order valence-corrected chi connectivity index (χ3v) is 5.64. The van der Waals surface area contributed by atoms with E-state index in [1.165, 1.54) is 6.07 Å². The molecule has 0 bridgehead atoms. The molecule has 0 atom stereocenters. The van der Waals surface area contributed by atoms with Gasteiger partial charge in [-0.05, 0) is 64.8 Å². The van der Waals surface area contributed by atoms with E-state index in [-0.39, 0.29) is 16.7 Å². The van der Waals surface area contributed by atoms with E-state index in [0.717, 1.165) is 16.4 Å². The monoisotopic (exact) mass is 548 g/mol. The molecule has 4 nitrogen and oxygen atoms in total. The van der Waals surface area contributed by atoms with Crippen LogP contribution >= 0.6 is 38.5 Å². The van der Waals surface area contributed by atoms with E-state index in [1.807, 2.05) is 22.6 Å². The van der Waals surface area contributed by atoms with Crippen molar-refractivity contribution in [3.05, 3.63) is 49.8 Å². The second-order valence-electron chi connectivity index (χ2n) is 7.06. The van der Waals surface area contributed by atoms with Crippen LogP contribution in [0.4, 0.5) is 15.8 Å². The second kappa shape index (κ2) is 9.23. The van der Waals surface area contributed by atoms with Gasteiger partial charge in [-0.1, -0.05) is 43.1 Å². The molecule has 0 aliphatic carbocycles. The highest BCUT2D eigenvalue weighted by Gasteiger charge is 2.20. The Morgan fingerprint density at radius 1 is 1.30 bits per heavy atom. The summed E-state index contributed by atoms with van der Waals surface area (Å²) >= 11 is 5.45. The summed E-state index contributed by atoms with van der Waals surface area (Å²) in [5.41, 5.74) is 6.59. The SMILES string of the molecule is CCC(C)(C)CCOc1cc(Br)cc(Nc2ccc(I)cc2F)c1C(N)=O. The largest absolute Gasteiger partial charge is 0.493 e. The minimum atomic E-state index is -0.638. The van der Waals surface area contributed by atoms with Crippen molar-refractivity contribution in [3.63, 3.8) is 0 Å². The summed E-state index contributed by atoms with van der Waals surface area (Å²) in [6, 6.07) is 8.19. The molecule has 0 fully saturated rings. The van der Waals surface area contributed by atoms with Crippen LogP contribution in [0.1, 0.15) is 44.0 Å². The molecule has 27 heavy (non-hydrogen) atoms. The Hall–Kier alpha value is -1.35. The number of hydrogen-bond acceptors (Lipinski definition) is 3. The van der Waals surface area contributed by atoms with Crippen LogP contribution in [-0.4, -0.2) is 12.5 Å². The van der Waals surface area contributed by atoms with Crippen LogP contribution < -0.4 is 15.8 Å². The highest BCUT2D eigenvalue weighted by atomic mass is 127. The lowest BCUT2D eigenvalue weighted by Gasteiger charge is -2.23. The predicted octanol–water partition coefficient (Wildman–Crippen LogP) is 6.24. The molecule has 2 aromatic rings. The number of amides is 1. The quantitative estimate of drug-likeness (QED) is 0.384. The van der Waals surface area contributed by atoms with Gasteiger partial charge in [0.05, 0.1) is 18.0 Å². The average Bonchev–Trinajstić information content (AvgIpc) is 2.56. The standard InChI is InChI=1S/C20H23BrFIN2O2/c1-4-20(2,3)7-8-27-17-10-12(21)9-16(18(17)19(24)26)25-15-6-5-13(23)11-14(15)22/h5-6,9-11,25H,4,7-8H2,1-3H3,(H2,24,26). The maximum Gasteiger partial charge on any atom is 0.254 e. The zero-order chi connectivity index (χ0) is 20.2. The van der Waals surface area contributed by atoms with Crippen LogP contribution in [0.15, 0.2) is 34.8 Å². The lowest BCUT2D eigenvalue weighted by molar-refractivity contribution is 0.0996. The maximum atomic E-state index is 14.2. The number of nitrogens with one attached hydrogen (secondary N) is 1. The van der Waals surface area contributed by atoms with Crippen molar-refractivity contribution < 1.29 is 13.9 Å². The molecule has 7 heteroatoms. The smallest absolute Gasteiger partial charge is 0.254 e. The van der Waals surface area contributed by atoms with Crippen molar-refractivity contribution in [2.24, 2.45) is 11.1 Å². The van der Waals surface area contributed by atoms with E-state index < -0.39 is 11.7 Å². The van der Waals surface area contributed by atoms with Gasteiger partial charge in [0.2, 0.25) is 0 Å². The highest BCUT2D eigenvalue weighted by molar-refractivity contribution is 14.1. The summed E-state index contributed by atoms with van der Waals surface area (Å²) in [4.78, 5) is 12.1. The van der Waals surface area contributed by atoms with Gasteiger partial charge in [-0.2, -0.15) is 0 Å². The molecule has 3 N–H and O–H groups in total. The Labute approximate surface area is 181 Å². The first-order valence-electron chi connectivity index (χ1n) is 8.61. The predicted molar refractivity (Wildman–Crippen MR) is 119 cm³/mol. The Bertz CT molecular complexity index is 843. The van der Waals surface area contributed by atoms with Crippen molar-refractivity contribution in [2.75, 3.05) is 11.9 Å². The molecule has 2 rings (SSSR count). The molecule has 0 unspecified atom stereocenters. The van der Waals surface area contributed by atoms with Gasteiger partial charge >= 0.3 is 0 Å². The third kappa shape index (κ3) is 6.07. The second-order valence-corrected chi connectivity index (χ2v) is 9.22. The fourth-order valence-corrected chi connectivity index (χ4v) is 3.29. The molecular weight excluding hydrogens is 526 g/mol. The van der Waals surface area contributed by atoms with Crippen molar-refractivity contribution in [1.82, 2.24) is 0 Å². The van der Waals surface area contributed by atoms with Gasteiger partial charge in [0.1, 0.15) is 17.1 Å². The van der Waals surface area contributed by atoms with E-state index in [0.29, 0.717) is 22.5 Å². The Balaban J connectivity index is 2.34. The molecule has 146 valence electrons. The first kappa shape index (κ1) is 21.9. The molecule has 0 saturated heterocycles. The van der Waals surface area contributed by atoms with Crippen LogP contribution in [0.2, 0.25) is 0 Å². The number of nitrogens with two attached hydrogens (primary N) is 1.